The highest BCUT2D eigenvalue weighted by Crippen LogP contribution is 2.38. The Balaban J connectivity index is 2.21. The maximum absolute atomic E-state index is 9.10. The molecule has 0 aliphatic heterocycles. The number of hydrogen-bond donors (Lipinski definition) is 1. The summed E-state index contributed by atoms with van der Waals surface area (Å²) < 4.78 is 0. The average Bonchev–Trinajstić information content (AvgIpc) is 2.68. The van der Waals surface area contributed by atoms with E-state index in [0.717, 1.165) is 12.8 Å². The number of aliphatic hydroxyl groups is 1. The van der Waals surface area contributed by atoms with E-state index < -0.39 is 0 Å². The van der Waals surface area contributed by atoms with Crippen LogP contribution in [0.2, 0.25) is 0 Å². The van der Waals surface area contributed by atoms with E-state index in [4.69, 9.17) is 5.11 Å². The van der Waals surface area contributed by atoms with Gasteiger partial charge in [0, 0.05) is 6.61 Å². The van der Waals surface area contributed by atoms with Crippen LogP contribution in [0.3, 0.4) is 0 Å². The van der Waals surface area contributed by atoms with Gasteiger partial charge in [-0.05, 0) is 40.7 Å². The lowest BCUT2D eigenvalue weighted by Crippen LogP contribution is -1.94. The fourth-order valence-corrected chi connectivity index (χ4v) is 2.60. The largest absolute Gasteiger partial charge is 0.396 e. The molecule has 1 N–H and O–H groups in total. The molecule has 16 heavy (non-hydrogen) atoms. The van der Waals surface area contributed by atoms with Crippen molar-refractivity contribution in [2.24, 2.45) is 0 Å². The van der Waals surface area contributed by atoms with Crippen LogP contribution >= 0.6 is 0 Å². The SMILES string of the molecule is OCCc1cccc2c1-c1ccccc1C2. The van der Waals surface area contributed by atoms with Gasteiger partial charge in [-0.3, -0.25) is 0 Å². The normalized spacial score (nSPS) is 12.3. The minimum absolute atomic E-state index is 0.221. The molecule has 2 aromatic carbocycles. The van der Waals surface area contributed by atoms with Crippen LogP contribution in [0.5, 0.6) is 0 Å². The number of fused-ring (bicyclic) bond motifs is 3. The maximum atomic E-state index is 9.10. The highest BCUT2D eigenvalue weighted by atomic mass is 16.2. The molecule has 2 aromatic rings. The monoisotopic (exact) mass is 210 g/mol. The van der Waals surface area contributed by atoms with Crippen LogP contribution in [0.15, 0.2) is 42.5 Å². The van der Waals surface area contributed by atoms with Crippen LogP contribution in [0, 0.1) is 0 Å². The summed E-state index contributed by atoms with van der Waals surface area (Å²) in [6.07, 6.45) is 1.78. The summed E-state index contributed by atoms with van der Waals surface area (Å²) in [4.78, 5) is 0. The molecule has 0 heterocycles. The summed E-state index contributed by atoms with van der Waals surface area (Å²) >= 11 is 0. The quantitative estimate of drug-likeness (QED) is 0.689. The van der Waals surface area contributed by atoms with Gasteiger partial charge >= 0.3 is 0 Å². The second kappa shape index (κ2) is 3.76. The first-order chi connectivity index (χ1) is 7.90. The summed E-state index contributed by atoms with van der Waals surface area (Å²) in [6, 6.07) is 15.0. The van der Waals surface area contributed by atoms with Crippen molar-refractivity contribution < 1.29 is 5.11 Å². The Hall–Kier alpha value is -1.60. The van der Waals surface area contributed by atoms with E-state index in [1.807, 2.05) is 0 Å². The topological polar surface area (TPSA) is 20.2 Å². The Labute approximate surface area is 95.4 Å². The van der Waals surface area contributed by atoms with Gasteiger partial charge in [0.1, 0.15) is 0 Å². The van der Waals surface area contributed by atoms with Crippen molar-refractivity contribution in [3.05, 3.63) is 59.2 Å². The van der Waals surface area contributed by atoms with E-state index >= 15 is 0 Å². The molecule has 1 nitrogen and oxygen atoms in total. The highest BCUT2D eigenvalue weighted by molar-refractivity contribution is 5.79. The molecule has 80 valence electrons. The summed E-state index contributed by atoms with van der Waals surface area (Å²) in [7, 11) is 0. The van der Waals surface area contributed by atoms with Crippen molar-refractivity contribution in [1.29, 1.82) is 0 Å². The Kier molecular flexibility index (Phi) is 2.26. The van der Waals surface area contributed by atoms with Crippen molar-refractivity contribution >= 4 is 0 Å². The maximum Gasteiger partial charge on any atom is 0.0471 e. The highest BCUT2D eigenvalue weighted by Gasteiger charge is 2.19. The van der Waals surface area contributed by atoms with E-state index in [9.17, 15) is 0 Å². The molecule has 0 bridgehead atoms. The Morgan fingerprint density at radius 1 is 0.938 bits per heavy atom. The molecule has 0 radical (unpaired) electrons. The van der Waals surface area contributed by atoms with Crippen molar-refractivity contribution in [2.45, 2.75) is 12.8 Å². The molecule has 0 saturated heterocycles. The second-order valence-electron chi connectivity index (χ2n) is 4.26. The molecule has 0 unspecified atom stereocenters. The Morgan fingerprint density at radius 2 is 1.75 bits per heavy atom. The van der Waals surface area contributed by atoms with Crippen LogP contribution < -0.4 is 0 Å². The molecule has 0 aromatic heterocycles. The molecule has 0 spiro atoms. The third-order valence-electron chi connectivity index (χ3n) is 3.29. The fourth-order valence-electron chi connectivity index (χ4n) is 2.60. The molecule has 1 heteroatoms. The molecular weight excluding hydrogens is 196 g/mol. The number of rotatable bonds is 2. The van der Waals surface area contributed by atoms with Crippen molar-refractivity contribution in [2.75, 3.05) is 6.61 Å². The minimum atomic E-state index is 0.221. The van der Waals surface area contributed by atoms with Gasteiger partial charge in [-0.1, -0.05) is 42.5 Å². The summed E-state index contributed by atoms with van der Waals surface area (Å²) in [5, 5.41) is 9.10. The molecule has 0 saturated carbocycles. The van der Waals surface area contributed by atoms with Gasteiger partial charge in [-0.2, -0.15) is 0 Å². The minimum Gasteiger partial charge on any atom is -0.396 e. The molecule has 0 fully saturated rings. The zero-order chi connectivity index (χ0) is 11.0. The van der Waals surface area contributed by atoms with Crippen LogP contribution in [0.25, 0.3) is 11.1 Å². The van der Waals surface area contributed by atoms with E-state index in [-0.39, 0.29) is 6.61 Å². The lowest BCUT2D eigenvalue weighted by Gasteiger charge is -2.07. The fraction of sp³-hybridized carbons (Fsp3) is 0.200. The van der Waals surface area contributed by atoms with E-state index in [1.54, 1.807) is 0 Å². The summed E-state index contributed by atoms with van der Waals surface area (Å²) in [5.41, 5.74) is 6.77. The lowest BCUT2D eigenvalue weighted by molar-refractivity contribution is 0.300. The smallest absolute Gasteiger partial charge is 0.0471 e. The number of benzene rings is 2. The standard InChI is InChI=1S/C15H14O/c16-9-8-11-5-3-6-13-10-12-4-1-2-7-14(12)15(11)13/h1-7,16H,8-10H2. The van der Waals surface area contributed by atoms with Crippen molar-refractivity contribution in [3.63, 3.8) is 0 Å². The van der Waals surface area contributed by atoms with Gasteiger partial charge in [0.2, 0.25) is 0 Å². The molecule has 3 rings (SSSR count). The summed E-state index contributed by atoms with van der Waals surface area (Å²) in [6.45, 7) is 0.221. The van der Waals surface area contributed by atoms with Crippen LogP contribution in [0.1, 0.15) is 16.7 Å². The van der Waals surface area contributed by atoms with Gasteiger partial charge in [0.15, 0.2) is 0 Å². The molecule has 1 aliphatic carbocycles. The third kappa shape index (κ3) is 1.36. The summed E-state index contributed by atoms with van der Waals surface area (Å²) in [5.74, 6) is 0. The first kappa shape index (κ1) is 9.61. The molecule has 1 aliphatic rings. The molecule has 0 atom stereocenters. The Morgan fingerprint density at radius 3 is 2.62 bits per heavy atom. The van der Waals surface area contributed by atoms with E-state index in [1.165, 1.54) is 27.8 Å². The van der Waals surface area contributed by atoms with Crippen molar-refractivity contribution in [1.82, 2.24) is 0 Å². The van der Waals surface area contributed by atoms with Gasteiger partial charge in [0.25, 0.3) is 0 Å². The zero-order valence-corrected chi connectivity index (χ0v) is 9.11. The predicted molar refractivity (Wildman–Crippen MR) is 65.5 cm³/mol. The van der Waals surface area contributed by atoms with Crippen LogP contribution in [-0.2, 0) is 12.8 Å². The zero-order valence-electron chi connectivity index (χ0n) is 9.11. The van der Waals surface area contributed by atoms with Gasteiger partial charge in [0.05, 0.1) is 0 Å². The lowest BCUT2D eigenvalue weighted by atomic mass is 9.98. The number of aliphatic hydroxyl groups excluding tert-OH is 1. The second-order valence-corrected chi connectivity index (χ2v) is 4.26. The van der Waals surface area contributed by atoms with Crippen LogP contribution in [-0.4, -0.2) is 11.7 Å². The number of hydrogen-bond acceptors (Lipinski definition) is 1. The van der Waals surface area contributed by atoms with Crippen molar-refractivity contribution in [3.8, 4) is 11.1 Å². The Bertz CT molecular complexity index is 529. The molecule has 0 amide bonds. The van der Waals surface area contributed by atoms with Gasteiger partial charge in [-0.25, -0.2) is 0 Å². The van der Waals surface area contributed by atoms with E-state index in [2.05, 4.69) is 42.5 Å². The molecular formula is C15H14O. The van der Waals surface area contributed by atoms with E-state index in [0.29, 0.717) is 0 Å². The van der Waals surface area contributed by atoms with Gasteiger partial charge in [-0.15, -0.1) is 0 Å². The average molecular weight is 210 g/mol. The first-order valence-corrected chi connectivity index (χ1v) is 5.70. The predicted octanol–water partition coefficient (Wildman–Crippen LogP) is 2.79. The van der Waals surface area contributed by atoms with Gasteiger partial charge < -0.3 is 5.11 Å². The van der Waals surface area contributed by atoms with Crippen LogP contribution in [0.4, 0.5) is 0 Å². The first-order valence-electron chi connectivity index (χ1n) is 5.70. The third-order valence-corrected chi connectivity index (χ3v) is 3.29.